The number of hydrogen-bond donors (Lipinski definition) is 0. The monoisotopic (exact) mass is 223 g/mol. The van der Waals surface area contributed by atoms with Gasteiger partial charge >= 0.3 is 0 Å². The molecular formula is C12H17NO3. The summed E-state index contributed by atoms with van der Waals surface area (Å²) in [6.07, 6.45) is 0. The van der Waals surface area contributed by atoms with Crippen molar-refractivity contribution < 1.29 is 14.3 Å². The van der Waals surface area contributed by atoms with Gasteiger partial charge in [0.2, 0.25) is 0 Å². The van der Waals surface area contributed by atoms with Crippen molar-refractivity contribution in [2.75, 3.05) is 34.9 Å². The first-order chi connectivity index (χ1) is 7.60. The Kier molecular flexibility index (Phi) is 4.31. The molecule has 4 heteroatoms. The lowest BCUT2D eigenvalue weighted by Crippen LogP contribution is -2.22. The maximum atomic E-state index is 12.0. The van der Waals surface area contributed by atoms with E-state index in [1.54, 1.807) is 32.4 Å². The first-order valence-corrected chi connectivity index (χ1v) is 4.99. The van der Waals surface area contributed by atoms with Crippen LogP contribution in [0.2, 0.25) is 0 Å². The Balaban J connectivity index is 3.12. The van der Waals surface area contributed by atoms with Gasteiger partial charge in [0.1, 0.15) is 17.1 Å². The van der Waals surface area contributed by atoms with Crippen LogP contribution in [0.5, 0.6) is 11.5 Å². The molecule has 0 spiro atoms. The van der Waals surface area contributed by atoms with Crippen molar-refractivity contribution in [3.63, 3.8) is 0 Å². The van der Waals surface area contributed by atoms with E-state index < -0.39 is 0 Å². The van der Waals surface area contributed by atoms with Crippen LogP contribution >= 0.6 is 0 Å². The van der Waals surface area contributed by atoms with Gasteiger partial charge in [-0.05, 0) is 26.2 Å². The van der Waals surface area contributed by atoms with Crippen molar-refractivity contribution in [3.8, 4) is 11.5 Å². The van der Waals surface area contributed by atoms with Gasteiger partial charge in [0, 0.05) is 0 Å². The zero-order valence-corrected chi connectivity index (χ0v) is 10.1. The summed E-state index contributed by atoms with van der Waals surface area (Å²) in [6.45, 7) is 0.330. The number of ketones is 1. The molecule has 0 atom stereocenters. The number of benzene rings is 1. The van der Waals surface area contributed by atoms with Gasteiger partial charge in [-0.1, -0.05) is 6.07 Å². The molecule has 16 heavy (non-hydrogen) atoms. The molecule has 0 bridgehead atoms. The normalized spacial score (nSPS) is 10.3. The predicted octanol–water partition coefficient (Wildman–Crippen LogP) is 1.45. The van der Waals surface area contributed by atoms with Crippen LogP contribution in [-0.4, -0.2) is 45.5 Å². The molecular weight excluding hydrogens is 206 g/mol. The van der Waals surface area contributed by atoms with Crippen molar-refractivity contribution in [1.29, 1.82) is 0 Å². The number of methoxy groups -OCH3 is 2. The van der Waals surface area contributed by atoms with Crippen LogP contribution < -0.4 is 9.47 Å². The fraction of sp³-hybridized carbons (Fsp3) is 0.417. The van der Waals surface area contributed by atoms with E-state index in [0.29, 0.717) is 23.6 Å². The second-order valence-electron chi connectivity index (χ2n) is 3.70. The third-order valence-corrected chi connectivity index (χ3v) is 2.17. The Hall–Kier alpha value is -1.55. The zero-order chi connectivity index (χ0) is 12.1. The van der Waals surface area contributed by atoms with Gasteiger partial charge in [0.15, 0.2) is 5.78 Å². The number of likely N-dealkylation sites (N-methyl/N-ethyl adjacent to an activating group) is 1. The first-order valence-electron chi connectivity index (χ1n) is 4.99. The molecule has 0 radical (unpaired) electrons. The van der Waals surface area contributed by atoms with E-state index >= 15 is 0 Å². The average molecular weight is 223 g/mol. The highest BCUT2D eigenvalue weighted by atomic mass is 16.5. The lowest BCUT2D eigenvalue weighted by molar-refractivity contribution is 0.0951. The second kappa shape index (κ2) is 5.51. The molecule has 0 heterocycles. The number of carbonyl (C=O) groups excluding carboxylic acids is 1. The SMILES string of the molecule is COc1cccc(OC)c1C(=O)CN(C)C. The molecule has 0 aliphatic heterocycles. The van der Waals surface area contributed by atoms with Crippen LogP contribution in [0.25, 0.3) is 0 Å². The summed E-state index contributed by atoms with van der Waals surface area (Å²) >= 11 is 0. The minimum atomic E-state index is -0.0145. The van der Waals surface area contributed by atoms with Gasteiger partial charge in [-0.15, -0.1) is 0 Å². The van der Waals surface area contributed by atoms with Gasteiger partial charge in [0.05, 0.1) is 20.8 Å². The Bertz CT molecular complexity index is 352. The predicted molar refractivity (Wildman–Crippen MR) is 62.4 cm³/mol. The van der Waals surface area contributed by atoms with Gasteiger partial charge in [-0.3, -0.25) is 4.79 Å². The fourth-order valence-corrected chi connectivity index (χ4v) is 1.49. The highest BCUT2D eigenvalue weighted by Gasteiger charge is 2.18. The number of nitrogens with zero attached hydrogens (tertiary/aromatic N) is 1. The Morgan fingerprint density at radius 3 is 2.06 bits per heavy atom. The highest BCUT2D eigenvalue weighted by molar-refractivity contribution is 6.02. The maximum absolute atomic E-state index is 12.0. The van der Waals surface area contributed by atoms with Crippen molar-refractivity contribution >= 4 is 5.78 Å². The molecule has 0 aliphatic rings. The van der Waals surface area contributed by atoms with E-state index in [0.717, 1.165) is 0 Å². The Morgan fingerprint density at radius 2 is 1.69 bits per heavy atom. The summed E-state index contributed by atoms with van der Waals surface area (Å²) in [5.41, 5.74) is 0.501. The molecule has 0 saturated heterocycles. The molecule has 0 aliphatic carbocycles. The van der Waals surface area contributed by atoms with Gasteiger partial charge in [-0.25, -0.2) is 0 Å². The molecule has 1 aromatic rings. The van der Waals surface area contributed by atoms with Gasteiger partial charge in [-0.2, -0.15) is 0 Å². The van der Waals surface area contributed by atoms with E-state index in [-0.39, 0.29) is 5.78 Å². The average Bonchev–Trinajstić information content (AvgIpc) is 2.26. The molecule has 0 N–H and O–H groups in total. The molecule has 0 saturated carbocycles. The molecule has 0 fully saturated rings. The van der Waals surface area contributed by atoms with Crippen molar-refractivity contribution in [2.24, 2.45) is 0 Å². The summed E-state index contributed by atoms with van der Waals surface area (Å²) in [7, 11) is 6.78. The molecule has 1 aromatic carbocycles. The zero-order valence-electron chi connectivity index (χ0n) is 10.1. The van der Waals surface area contributed by atoms with Crippen LogP contribution in [0.4, 0.5) is 0 Å². The standard InChI is InChI=1S/C12H17NO3/c1-13(2)8-9(14)12-10(15-3)6-5-7-11(12)16-4/h5-7H,8H2,1-4H3. The van der Waals surface area contributed by atoms with Crippen LogP contribution in [0.3, 0.4) is 0 Å². The molecule has 1 rings (SSSR count). The maximum Gasteiger partial charge on any atom is 0.184 e. The lowest BCUT2D eigenvalue weighted by atomic mass is 10.1. The topological polar surface area (TPSA) is 38.8 Å². The second-order valence-corrected chi connectivity index (χ2v) is 3.70. The van der Waals surface area contributed by atoms with Crippen molar-refractivity contribution in [2.45, 2.75) is 0 Å². The minimum absolute atomic E-state index is 0.0145. The summed E-state index contributed by atoms with van der Waals surface area (Å²) in [5, 5.41) is 0. The number of ether oxygens (including phenoxy) is 2. The molecule has 0 amide bonds. The number of carbonyl (C=O) groups is 1. The summed E-state index contributed by atoms with van der Waals surface area (Å²) in [5.74, 6) is 1.08. The smallest absolute Gasteiger partial charge is 0.184 e. The lowest BCUT2D eigenvalue weighted by Gasteiger charge is -2.14. The van der Waals surface area contributed by atoms with E-state index in [1.165, 1.54) is 0 Å². The molecule has 0 unspecified atom stereocenters. The Morgan fingerprint density at radius 1 is 1.19 bits per heavy atom. The molecule has 0 aromatic heterocycles. The summed E-state index contributed by atoms with van der Waals surface area (Å²) in [6, 6.07) is 5.31. The highest BCUT2D eigenvalue weighted by Crippen LogP contribution is 2.28. The number of Topliss-reactive ketones (excluding diaryl/α,β-unsaturated/α-hetero) is 1. The quantitative estimate of drug-likeness (QED) is 0.708. The van der Waals surface area contributed by atoms with E-state index in [9.17, 15) is 4.79 Å². The van der Waals surface area contributed by atoms with E-state index in [1.807, 2.05) is 19.0 Å². The third-order valence-electron chi connectivity index (χ3n) is 2.17. The van der Waals surface area contributed by atoms with Gasteiger partial charge < -0.3 is 14.4 Å². The minimum Gasteiger partial charge on any atom is -0.496 e. The summed E-state index contributed by atoms with van der Waals surface area (Å²) < 4.78 is 10.3. The van der Waals surface area contributed by atoms with Crippen LogP contribution in [0.15, 0.2) is 18.2 Å². The van der Waals surface area contributed by atoms with Crippen molar-refractivity contribution in [3.05, 3.63) is 23.8 Å². The van der Waals surface area contributed by atoms with Gasteiger partial charge in [0.25, 0.3) is 0 Å². The third kappa shape index (κ3) is 2.73. The Labute approximate surface area is 95.8 Å². The first kappa shape index (κ1) is 12.5. The van der Waals surface area contributed by atoms with Crippen molar-refractivity contribution in [1.82, 2.24) is 4.90 Å². The van der Waals surface area contributed by atoms with E-state index in [4.69, 9.17) is 9.47 Å². The summed E-state index contributed by atoms with van der Waals surface area (Å²) in [4.78, 5) is 13.8. The molecule has 4 nitrogen and oxygen atoms in total. The number of rotatable bonds is 5. The largest absolute Gasteiger partial charge is 0.496 e. The van der Waals surface area contributed by atoms with Crippen LogP contribution in [0.1, 0.15) is 10.4 Å². The van der Waals surface area contributed by atoms with E-state index in [2.05, 4.69) is 0 Å². The van der Waals surface area contributed by atoms with Crippen LogP contribution in [0, 0.1) is 0 Å². The van der Waals surface area contributed by atoms with Crippen LogP contribution in [-0.2, 0) is 0 Å². The molecule has 88 valence electrons. The number of hydrogen-bond acceptors (Lipinski definition) is 4. The fourth-order valence-electron chi connectivity index (χ4n) is 1.49.